The van der Waals surface area contributed by atoms with Gasteiger partial charge in [0.2, 0.25) is 0 Å². The van der Waals surface area contributed by atoms with Gasteiger partial charge < -0.3 is 10.1 Å². The second-order valence-electron chi connectivity index (χ2n) is 6.85. The molecule has 2 aliphatic heterocycles. The van der Waals surface area contributed by atoms with Gasteiger partial charge in [-0.2, -0.15) is 0 Å². The molecule has 3 aliphatic rings. The maximum absolute atomic E-state index is 11.9. The first-order valence-corrected chi connectivity index (χ1v) is 9.96. The molecule has 0 aromatic heterocycles. The summed E-state index contributed by atoms with van der Waals surface area (Å²) in [5.41, 5.74) is 2.23. The molecule has 1 atom stereocenters. The summed E-state index contributed by atoms with van der Waals surface area (Å²) in [6.07, 6.45) is 6.63. The number of ether oxygens (including phenoxy) is 1. The molecule has 1 unspecified atom stereocenters. The summed E-state index contributed by atoms with van der Waals surface area (Å²) in [7, 11) is -3.01. The van der Waals surface area contributed by atoms with Gasteiger partial charge in [0, 0.05) is 19.2 Å². The second kappa shape index (κ2) is 5.32. The quantitative estimate of drug-likeness (QED) is 0.927. The number of hydrogen-bond donors (Lipinski definition) is 1. The van der Waals surface area contributed by atoms with Gasteiger partial charge >= 0.3 is 0 Å². The first-order chi connectivity index (χ1) is 10.6. The van der Waals surface area contributed by atoms with Gasteiger partial charge in [-0.15, -0.1) is 0 Å². The summed E-state index contributed by atoms with van der Waals surface area (Å²) in [4.78, 5) is 0.535. The highest BCUT2D eigenvalue weighted by Gasteiger charge is 2.45. The van der Waals surface area contributed by atoms with E-state index in [9.17, 15) is 8.42 Å². The molecule has 0 amide bonds. The predicted molar refractivity (Wildman–Crippen MR) is 84.6 cm³/mol. The number of hydrogen-bond acceptors (Lipinski definition) is 4. The molecule has 1 aromatic rings. The van der Waals surface area contributed by atoms with Crippen molar-refractivity contribution in [2.24, 2.45) is 0 Å². The summed E-state index contributed by atoms with van der Waals surface area (Å²) in [6, 6.07) is 6.23. The van der Waals surface area contributed by atoms with E-state index >= 15 is 0 Å². The largest absolute Gasteiger partial charge is 0.373 e. The van der Waals surface area contributed by atoms with Crippen LogP contribution in [0.2, 0.25) is 0 Å². The van der Waals surface area contributed by atoms with Gasteiger partial charge in [0.05, 0.1) is 16.2 Å². The van der Waals surface area contributed by atoms with Gasteiger partial charge in [-0.25, -0.2) is 8.42 Å². The van der Waals surface area contributed by atoms with Crippen molar-refractivity contribution in [2.45, 2.75) is 61.6 Å². The molecule has 1 saturated heterocycles. The van der Waals surface area contributed by atoms with Crippen molar-refractivity contribution < 1.29 is 13.2 Å². The summed E-state index contributed by atoms with van der Waals surface area (Å²) in [5.74, 6) is 0.263. The van der Waals surface area contributed by atoms with Crippen molar-refractivity contribution in [1.82, 2.24) is 5.32 Å². The predicted octanol–water partition coefficient (Wildman–Crippen LogP) is 2.21. The molecule has 4 nitrogen and oxygen atoms in total. The zero-order chi connectivity index (χ0) is 15.2. The minimum absolute atomic E-state index is 0.0695. The van der Waals surface area contributed by atoms with E-state index in [1.807, 2.05) is 6.07 Å². The molecule has 120 valence electrons. The van der Waals surface area contributed by atoms with Crippen molar-refractivity contribution >= 4 is 9.84 Å². The van der Waals surface area contributed by atoms with Gasteiger partial charge in [-0.3, -0.25) is 0 Å². The lowest BCUT2D eigenvalue weighted by atomic mass is 9.92. The number of fused-ring (bicyclic) bond motifs is 1. The minimum atomic E-state index is -3.01. The monoisotopic (exact) mass is 321 g/mol. The van der Waals surface area contributed by atoms with Crippen molar-refractivity contribution in [3.05, 3.63) is 29.3 Å². The zero-order valence-corrected chi connectivity index (χ0v) is 13.6. The average molecular weight is 321 g/mol. The Bertz CT molecular complexity index is 672. The third-order valence-electron chi connectivity index (χ3n) is 5.53. The molecular weight excluding hydrogens is 298 g/mol. The van der Waals surface area contributed by atoms with Crippen LogP contribution in [0.15, 0.2) is 23.1 Å². The molecule has 0 radical (unpaired) electrons. The molecule has 1 spiro atoms. The standard InChI is InChI=1S/C17H23NO3S/c19-22(20)10-6-14-11-13(3-4-15(14)22)12-18-16-5-9-21-17(16)7-1-2-8-17/h3-4,11,16,18H,1-2,5-10,12H2. The van der Waals surface area contributed by atoms with E-state index in [4.69, 9.17) is 4.74 Å². The fourth-order valence-corrected chi connectivity index (χ4v) is 5.88. The lowest BCUT2D eigenvalue weighted by Gasteiger charge is -2.30. The van der Waals surface area contributed by atoms with Crippen LogP contribution in [0, 0.1) is 0 Å². The van der Waals surface area contributed by atoms with E-state index in [1.165, 1.54) is 31.2 Å². The highest BCUT2D eigenvalue weighted by molar-refractivity contribution is 7.91. The molecule has 22 heavy (non-hydrogen) atoms. The first kappa shape index (κ1) is 14.7. The molecule has 1 saturated carbocycles. The normalized spacial score (nSPS) is 28.3. The van der Waals surface area contributed by atoms with Crippen molar-refractivity contribution in [3.8, 4) is 0 Å². The number of rotatable bonds is 3. The van der Waals surface area contributed by atoms with Gasteiger partial charge in [0.25, 0.3) is 0 Å². The molecule has 1 aromatic carbocycles. The topological polar surface area (TPSA) is 55.4 Å². The third-order valence-corrected chi connectivity index (χ3v) is 7.34. The van der Waals surface area contributed by atoms with E-state index in [0.29, 0.717) is 17.4 Å². The smallest absolute Gasteiger partial charge is 0.178 e. The number of benzene rings is 1. The average Bonchev–Trinajstić information content (AvgIpc) is 3.20. The minimum Gasteiger partial charge on any atom is -0.373 e. The molecular formula is C17H23NO3S. The van der Waals surface area contributed by atoms with Gasteiger partial charge in [-0.1, -0.05) is 25.0 Å². The van der Waals surface area contributed by atoms with E-state index in [-0.39, 0.29) is 11.4 Å². The fraction of sp³-hybridized carbons (Fsp3) is 0.647. The maximum atomic E-state index is 11.9. The number of nitrogens with one attached hydrogen (secondary N) is 1. The van der Waals surface area contributed by atoms with Crippen LogP contribution < -0.4 is 5.32 Å². The summed E-state index contributed by atoms with van der Waals surface area (Å²) in [5, 5.41) is 3.67. The van der Waals surface area contributed by atoms with Crippen LogP contribution in [-0.2, 0) is 27.5 Å². The maximum Gasteiger partial charge on any atom is 0.178 e. The molecule has 1 N–H and O–H groups in total. The third kappa shape index (κ3) is 2.39. The van der Waals surface area contributed by atoms with Crippen molar-refractivity contribution in [1.29, 1.82) is 0 Å². The summed E-state index contributed by atoms with van der Waals surface area (Å²) < 4.78 is 29.8. The van der Waals surface area contributed by atoms with Crippen LogP contribution in [0.4, 0.5) is 0 Å². The molecule has 5 heteroatoms. The highest BCUT2D eigenvalue weighted by atomic mass is 32.2. The Labute approximate surface area is 132 Å². The van der Waals surface area contributed by atoms with Gasteiger partial charge in [0.15, 0.2) is 9.84 Å². The van der Waals surface area contributed by atoms with Crippen LogP contribution in [0.1, 0.15) is 43.2 Å². The Hall–Kier alpha value is -0.910. The van der Waals surface area contributed by atoms with Gasteiger partial charge in [0.1, 0.15) is 0 Å². The summed E-state index contributed by atoms with van der Waals surface area (Å²) >= 11 is 0. The Kier molecular flexibility index (Phi) is 3.55. The van der Waals surface area contributed by atoms with E-state index in [1.54, 1.807) is 6.07 Å². The van der Waals surface area contributed by atoms with Crippen molar-refractivity contribution in [2.75, 3.05) is 12.4 Å². The molecule has 1 aliphatic carbocycles. The molecule has 2 heterocycles. The van der Waals surface area contributed by atoms with Gasteiger partial charge in [-0.05, 0) is 42.9 Å². The van der Waals surface area contributed by atoms with Crippen LogP contribution in [-0.4, -0.2) is 32.4 Å². The zero-order valence-electron chi connectivity index (χ0n) is 12.8. The fourth-order valence-electron chi connectivity index (χ4n) is 4.33. The lowest BCUT2D eigenvalue weighted by Crippen LogP contribution is -2.45. The van der Waals surface area contributed by atoms with E-state index < -0.39 is 9.84 Å². The Morgan fingerprint density at radius 1 is 1.27 bits per heavy atom. The molecule has 4 rings (SSSR count). The first-order valence-electron chi connectivity index (χ1n) is 8.31. The van der Waals surface area contributed by atoms with Crippen LogP contribution in [0.25, 0.3) is 0 Å². The Balaban J connectivity index is 1.46. The highest BCUT2D eigenvalue weighted by Crippen LogP contribution is 2.41. The number of aryl methyl sites for hydroxylation is 1. The second-order valence-corrected chi connectivity index (χ2v) is 8.93. The Morgan fingerprint density at radius 3 is 2.91 bits per heavy atom. The van der Waals surface area contributed by atoms with E-state index in [2.05, 4.69) is 11.4 Å². The number of sulfone groups is 1. The lowest BCUT2D eigenvalue weighted by molar-refractivity contribution is -0.00484. The summed E-state index contributed by atoms with van der Waals surface area (Å²) in [6.45, 7) is 1.66. The van der Waals surface area contributed by atoms with Crippen LogP contribution in [0.5, 0.6) is 0 Å². The molecule has 0 bridgehead atoms. The van der Waals surface area contributed by atoms with Crippen LogP contribution in [0.3, 0.4) is 0 Å². The van der Waals surface area contributed by atoms with E-state index in [0.717, 1.165) is 25.1 Å². The van der Waals surface area contributed by atoms with Crippen molar-refractivity contribution in [3.63, 3.8) is 0 Å². The van der Waals surface area contributed by atoms with Crippen LogP contribution >= 0.6 is 0 Å². The Morgan fingerprint density at radius 2 is 2.09 bits per heavy atom. The molecule has 2 fully saturated rings. The SMILES string of the molecule is O=S1(=O)CCc2cc(CNC3CCOC34CCCC4)ccc21.